The van der Waals surface area contributed by atoms with Gasteiger partial charge in [0.05, 0.1) is 0 Å². The first-order valence-electron chi connectivity index (χ1n) is 7.70. The maximum Gasteiger partial charge on any atom is 0.0147 e. The van der Waals surface area contributed by atoms with Crippen LogP contribution in [0.5, 0.6) is 0 Å². The zero-order chi connectivity index (χ0) is 13.4. The number of rotatable bonds is 8. The quantitative estimate of drug-likeness (QED) is 0.683. The van der Waals surface area contributed by atoms with Gasteiger partial charge in [0.2, 0.25) is 0 Å². The first-order valence-corrected chi connectivity index (χ1v) is 8.75. The van der Waals surface area contributed by atoms with E-state index in [-0.39, 0.29) is 0 Å². The third kappa shape index (κ3) is 5.10. The first-order chi connectivity index (χ1) is 8.65. The lowest BCUT2D eigenvalue weighted by atomic mass is 9.81. The van der Waals surface area contributed by atoms with Gasteiger partial charge in [-0.3, -0.25) is 0 Å². The molecule has 0 saturated carbocycles. The second kappa shape index (κ2) is 8.44. The normalized spacial score (nSPS) is 22.3. The average Bonchev–Trinajstić information content (AvgIpc) is 2.38. The molecule has 1 unspecified atom stereocenters. The molecule has 0 spiro atoms. The SMILES string of the molecule is CCCNCC(CC)(CC)CN1CCSC(C)C1. The molecular weight excluding hydrogens is 240 g/mol. The van der Waals surface area contributed by atoms with E-state index in [1.165, 1.54) is 51.2 Å². The van der Waals surface area contributed by atoms with Crippen molar-refractivity contribution >= 4 is 11.8 Å². The fourth-order valence-corrected chi connectivity index (χ4v) is 3.90. The van der Waals surface area contributed by atoms with E-state index < -0.39 is 0 Å². The molecule has 1 fully saturated rings. The van der Waals surface area contributed by atoms with Crippen LogP contribution >= 0.6 is 11.8 Å². The molecule has 1 aliphatic rings. The van der Waals surface area contributed by atoms with Gasteiger partial charge in [0.25, 0.3) is 0 Å². The highest BCUT2D eigenvalue weighted by atomic mass is 32.2. The van der Waals surface area contributed by atoms with Crippen LogP contribution < -0.4 is 5.32 Å². The second-order valence-corrected chi connectivity index (χ2v) is 7.35. The van der Waals surface area contributed by atoms with Crippen molar-refractivity contribution in [3.63, 3.8) is 0 Å². The molecule has 108 valence electrons. The van der Waals surface area contributed by atoms with Crippen LogP contribution in [-0.2, 0) is 0 Å². The lowest BCUT2D eigenvalue weighted by Gasteiger charge is -2.40. The molecule has 0 aliphatic carbocycles. The number of nitrogens with zero attached hydrogens (tertiary/aromatic N) is 1. The van der Waals surface area contributed by atoms with Crippen LogP contribution in [0.4, 0.5) is 0 Å². The number of hydrogen-bond acceptors (Lipinski definition) is 3. The predicted molar refractivity (Wildman–Crippen MR) is 84.5 cm³/mol. The van der Waals surface area contributed by atoms with Crippen molar-refractivity contribution in [2.45, 2.75) is 52.2 Å². The van der Waals surface area contributed by atoms with E-state index in [0.717, 1.165) is 11.8 Å². The maximum absolute atomic E-state index is 3.65. The minimum Gasteiger partial charge on any atom is -0.316 e. The Morgan fingerprint density at radius 3 is 2.56 bits per heavy atom. The largest absolute Gasteiger partial charge is 0.316 e. The van der Waals surface area contributed by atoms with Gasteiger partial charge in [0.15, 0.2) is 0 Å². The third-order valence-electron chi connectivity index (χ3n) is 4.31. The summed E-state index contributed by atoms with van der Waals surface area (Å²) in [6.45, 7) is 15.5. The van der Waals surface area contributed by atoms with Crippen LogP contribution in [0, 0.1) is 5.41 Å². The molecular formula is C15H32N2S. The van der Waals surface area contributed by atoms with Gasteiger partial charge < -0.3 is 10.2 Å². The molecule has 0 bridgehead atoms. The lowest BCUT2D eigenvalue weighted by Crippen LogP contribution is -2.47. The van der Waals surface area contributed by atoms with E-state index in [1.54, 1.807) is 0 Å². The van der Waals surface area contributed by atoms with Crippen LogP contribution in [-0.4, -0.2) is 48.6 Å². The van der Waals surface area contributed by atoms with Gasteiger partial charge in [0, 0.05) is 37.2 Å². The molecule has 1 atom stereocenters. The molecule has 3 heteroatoms. The third-order valence-corrected chi connectivity index (χ3v) is 5.45. The maximum atomic E-state index is 3.65. The van der Waals surface area contributed by atoms with Gasteiger partial charge in [-0.15, -0.1) is 0 Å². The monoisotopic (exact) mass is 272 g/mol. The summed E-state index contributed by atoms with van der Waals surface area (Å²) in [4.78, 5) is 2.70. The van der Waals surface area contributed by atoms with E-state index in [0.29, 0.717) is 5.41 Å². The van der Waals surface area contributed by atoms with Crippen molar-refractivity contribution < 1.29 is 0 Å². The topological polar surface area (TPSA) is 15.3 Å². The zero-order valence-electron chi connectivity index (χ0n) is 12.8. The van der Waals surface area contributed by atoms with Gasteiger partial charge in [-0.1, -0.05) is 27.7 Å². The van der Waals surface area contributed by atoms with Gasteiger partial charge >= 0.3 is 0 Å². The molecule has 2 nitrogen and oxygen atoms in total. The first kappa shape index (κ1) is 16.3. The second-order valence-electron chi connectivity index (χ2n) is 5.80. The molecule has 0 aromatic heterocycles. The van der Waals surface area contributed by atoms with Crippen LogP contribution in [0.15, 0.2) is 0 Å². The number of nitrogens with one attached hydrogen (secondary N) is 1. The van der Waals surface area contributed by atoms with Gasteiger partial charge in [-0.2, -0.15) is 11.8 Å². The van der Waals surface area contributed by atoms with Gasteiger partial charge in [-0.05, 0) is 31.2 Å². The van der Waals surface area contributed by atoms with Crippen molar-refractivity contribution in [1.82, 2.24) is 10.2 Å². The molecule has 0 radical (unpaired) electrons. The molecule has 1 rings (SSSR count). The molecule has 0 aromatic rings. The molecule has 0 aromatic carbocycles. The summed E-state index contributed by atoms with van der Waals surface area (Å²) in [6.07, 6.45) is 3.82. The Hall–Kier alpha value is 0.270. The molecule has 1 saturated heterocycles. The predicted octanol–water partition coefficient (Wildman–Crippen LogP) is 3.23. The van der Waals surface area contributed by atoms with Crippen LogP contribution in [0.25, 0.3) is 0 Å². The Kier molecular flexibility index (Phi) is 7.66. The van der Waals surface area contributed by atoms with E-state index >= 15 is 0 Å². The van der Waals surface area contributed by atoms with Crippen LogP contribution in [0.3, 0.4) is 0 Å². The number of hydrogen-bond donors (Lipinski definition) is 1. The Labute approximate surface area is 118 Å². The average molecular weight is 273 g/mol. The summed E-state index contributed by atoms with van der Waals surface area (Å²) in [5.41, 5.74) is 0.483. The van der Waals surface area contributed by atoms with E-state index in [2.05, 4.69) is 49.7 Å². The fourth-order valence-electron chi connectivity index (χ4n) is 2.82. The standard InChI is InChI=1S/C15H32N2S/c1-5-8-16-12-15(6-2,7-3)13-17-9-10-18-14(4)11-17/h14,16H,5-13H2,1-4H3. The molecule has 1 heterocycles. The van der Waals surface area contributed by atoms with Crippen molar-refractivity contribution in [3.8, 4) is 0 Å². The highest BCUT2D eigenvalue weighted by Gasteiger charge is 2.30. The Morgan fingerprint density at radius 1 is 1.28 bits per heavy atom. The van der Waals surface area contributed by atoms with E-state index in [4.69, 9.17) is 0 Å². The summed E-state index contributed by atoms with van der Waals surface area (Å²) in [6, 6.07) is 0. The van der Waals surface area contributed by atoms with Crippen molar-refractivity contribution in [2.75, 3.05) is 38.5 Å². The van der Waals surface area contributed by atoms with E-state index in [9.17, 15) is 0 Å². The van der Waals surface area contributed by atoms with Gasteiger partial charge in [-0.25, -0.2) is 0 Å². The zero-order valence-corrected chi connectivity index (χ0v) is 13.6. The fraction of sp³-hybridized carbons (Fsp3) is 1.00. The highest BCUT2D eigenvalue weighted by Crippen LogP contribution is 2.29. The summed E-state index contributed by atoms with van der Waals surface area (Å²) >= 11 is 2.13. The molecule has 0 amide bonds. The Balaban J connectivity index is 2.49. The van der Waals surface area contributed by atoms with Crippen molar-refractivity contribution in [3.05, 3.63) is 0 Å². The van der Waals surface area contributed by atoms with Crippen molar-refractivity contribution in [2.24, 2.45) is 5.41 Å². The lowest BCUT2D eigenvalue weighted by molar-refractivity contribution is 0.138. The van der Waals surface area contributed by atoms with Crippen molar-refractivity contribution in [1.29, 1.82) is 0 Å². The van der Waals surface area contributed by atoms with Crippen LogP contribution in [0.1, 0.15) is 47.0 Å². The summed E-state index contributed by atoms with van der Waals surface area (Å²) in [5, 5.41) is 4.46. The van der Waals surface area contributed by atoms with Gasteiger partial charge in [0.1, 0.15) is 0 Å². The molecule has 1 N–H and O–H groups in total. The minimum absolute atomic E-state index is 0.483. The molecule has 18 heavy (non-hydrogen) atoms. The summed E-state index contributed by atoms with van der Waals surface area (Å²) < 4.78 is 0. The minimum atomic E-state index is 0.483. The summed E-state index contributed by atoms with van der Waals surface area (Å²) in [7, 11) is 0. The highest BCUT2D eigenvalue weighted by molar-refractivity contribution is 7.99. The smallest absolute Gasteiger partial charge is 0.0147 e. The van der Waals surface area contributed by atoms with Crippen LogP contribution in [0.2, 0.25) is 0 Å². The summed E-state index contributed by atoms with van der Waals surface area (Å²) in [5.74, 6) is 1.31. The van der Waals surface area contributed by atoms with E-state index in [1.807, 2.05) is 0 Å². The molecule has 1 aliphatic heterocycles. The number of thioether (sulfide) groups is 1. The Morgan fingerprint density at radius 2 is 2.00 bits per heavy atom. The Bertz CT molecular complexity index is 217.